The van der Waals surface area contributed by atoms with Crippen LogP contribution in [0.1, 0.15) is 29.3 Å². The van der Waals surface area contributed by atoms with Crippen molar-refractivity contribution in [3.05, 3.63) is 43.8 Å². The lowest BCUT2D eigenvalue weighted by Crippen LogP contribution is -2.15. The zero-order valence-corrected chi connectivity index (χ0v) is 13.8. The van der Waals surface area contributed by atoms with Gasteiger partial charge in [-0.3, -0.25) is 5.10 Å². The predicted molar refractivity (Wildman–Crippen MR) is 92.4 cm³/mol. The minimum atomic E-state index is 0.443. The molecule has 2 N–H and O–H groups in total. The van der Waals surface area contributed by atoms with Crippen molar-refractivity contribution in [2.75, 3.05) is 5.32 Å². The minimum Gasteiger partial charge on any atom is -0.378 e. The molecule has 1 unspecified atom stereocenters. The number of thiophene rings is 1. The van der Waals surface area contributed by atoms with E-state index < -0.39 is 0 Å². The van der Waals surface area contributed by atoms with Gasteiger partial charge in [0.2, 0.25) is 0 Å². The summed E-state index contributed by atoms with van der Waals surface area (Å²) in [5, 5.41) is 12.0. The molecule has 1 aromatic carbocycles. The van der Waals surface area contributed by atoms with Gasteiger partial charge in [-0.2, -0.15) is 5.10 Å². The summed E-state index contributed by atoms with van der Waals surface area (Å²) in [6.45, 7) is 0. The summed E-state index contributed by atoms with van der Waals surface area (Å²) in [7, 11) is 0. The molecule has 2 heterocycles. The summed E-state index contributed by atoms with van der Waals surface area (Å²) < 4.78 is 1.39. The molecule has 20 heavy (non-hydrogen) atoms. The van der Waals surface area contributed by atoms with E-state index in [1.165, 1.54) is 33.4 Å². The smallest absolute Gasteiger partial charge is 0.0670 e. The molecule has 0 saturated carbocycles. The molecule has 3 nitrogen and oxygen atoms in total. The van der Waals surface area contributed by atoms with Crippen molar-refractivity contribution in [1.82, 2.24) is 10.2 Å². The van der Waals surface area contributed by atoms with Crippen molar-refractivity contribution >= 4 is 50.5 Å². The number of aryl methyl sites for hydroxylation is 1. The molecular formula is C15H14IN3S. The van der Waals surface area contributed by atoms with E-state index in [1.807, 2.05) is 17.5 Å². The number of fused-ring (bicyclic) bond motifs is 2. The van der Waals surface area contributed by atoms with Crippen molar-refractivity contribution in [3.63, 3.8) is 0 Å². The van der Waals surface area contributed by atoms with Crippen molar-refractivity contribution in [2.24, 2.45) is 0 Å². The molecule has 0 aliphatic heterocycles. The number of hydrogen-bond donors (Lipinski definition) is 2. The van der Waals surface area contributed by atoms with E-state index in [2.05, 4.69) is 62.4 Å². The fourth-order valence-corrected chi connectivity index (χ4v) is 5.02. The third-order valence-corrected chi connectivity index (χ3v) is 5.84. The molecule has 0 fully saturated rings. The van der Waals surface area contributed by atoms with Gasteiger partial charge in [0.15, 0.2) is 0 Å². The molecule has 0 radical (unpaired) electrons. The monoisotopic (exact) mass is 395 g/mol. The molecule has 3 aromatic rings. The fraction of sp³-hybridized carbons (Fsp3) is 0.267. The van der Waals surface area contributed by atoms with Crippen LogP contribution in [0.25, 0.3) is 10.9 Å². The van der Waals surface area contributed by atoms with Crippen LogP contribution in [-0.2, 0) is 6.42 Å². The van der Waals surface area contributed by atoms with Crippen molar-refractivity contribution in [1.29, 1.82) is 0 Å². The molecule has 0 saturated heterocycles. The second kappa shape index (κ2) is 5.04. The second-order valence-corrected chi connectivity index (χ2v) is 8.22. The molecule has 0 amide bonds. The van der Waals surface area contributed by atoms with Gasteiger partial charge in [-0.05, 0) is 71.7 Å². The van der Waals surface area contributed by atoms with Gasteiger partial charge < -0.3 is 5.32 Å². The van der Waals surface area contributed by atoms with Gasteiger partial charge >= 0.3 is 0 Å². The van der Waals surface area contributed by atoms with Crippen LogP contribution in [0.3, 0.4) is 0 Å². The van der Waals surface area contributed by atoms with Gasteiger partial charge in [0.1, 0.15) is 0 Å². The largest absolute Gasteiger partial charge is 0.378 e. The zero-order chi connectivity index (χ0) is 13.5. The standard InChI is InChI=1S/C15H14IN3S/c16-15-7-11-12(2-1-3-14(11)20-15)18-10-5-4-9-8-17-19-13(9)6-10/h4-8,12,18H,1-3H2,(H,17,19). The first-order valence-electron chi connectivity index (χ1n) is 6.77. The summed E-state index contributed by atoms with van der Waals surface area (Å²) in [6.07, 6.45) is 5.58. The van der Waals surface area contributed by atoms with Gasteiger partial charge in [-0.25, -0.2) is 0 Å². The van der Waals surface area contributed by atoms with Crippen LogP contribution < -0.4 is 5.32 Å². The maximum Gasteiger partial charge on any atom is 0.0670 e. The second-order valence-electron chi connectivity index (χ2n) is 5.19. The highest BCUT2D eigenvalue weighted by Gasteiger charge is 2.22. The van der Waals surface area contributed by atoms with Gasteiger partial charge in [0.05, 0.1) is 20.6 Å². The Morgan fingerprint density at radius 3 is 3.25 bits per heavy atom. The molecule has 2 aromatic heterocycles. The Labute approximate surface area is 134 Å². The molecule has 4 rings (SSSR count). The zero-order valence-electron chi connectivity index (χ0n) is 10.8. The number of anilines is 1. The average molecular weight is 395 g/mol. The van der Waals surface area contributed by atoms with Crippen molar-refractivity contribution in [3.8, 4) is 0 Å². The highest BCUT2D eigenvalue weighted by atomic mass is 127. The van der Waals surface area contributed by atoms with E-state index in [4.69, 9.17) is 0 Å². The third-order valence-electron chi connectivity index (χ3n) is 3.87. The van der Waals surface area contributed by atoms with Gasteiger partial charge in [0.25, 0.3) is 0 Å². The van der Waals surface area contributed by atoms with Crippen LogP contribution in [-0.4, -0.2) is 10.2 Å². The normalized spacial score (nSPS) is 18.1. The van der Waals surface area contributed by atoms with E-state index in [0.717, 1.165) is 10.9 Å². The maximum atomic E-state index is 4.08. The van der Waals surface area contributed by atoms with E-state index in [1.54, 1.807) is 4.88 Å². The van der Waals surface area contributed by atoms with Gasteiger partial charge in [-0.15, -0.1) is 11.3 Å². The van der Waals surface area contributed by atoms with Crippen LogP contribution >= 0.6 is 33.9 Å². The minimum absolute atomic E-state index is 0.443. The Morgan fingerprint density at radius 1 is 1.35 bits per heavy atom. The van der Waals surface area contributed by atoms with Crippen LogP contribution in [0.2, 0.25) is 0 Å². The Bertz CT molecular complexity index is 761. The number of hydrogen-bond acceptors (Lipinski definition) is 3. The summed E-state index contributed by atoms with van der Waals surface area (Å²) >= 11 is 4.37. The number of aromatic amines is 1. The highest BCUT2D eigenvalue weighted by Crippen LogP contribution is 2.38. The summed E-state index contributed by atoms with van der Waals surface area (Å²) in [5.74, 6) is 0. The number of rotatable bonds is 2. The first-order chi connectivity index (χ1) is 9.79. The molecule has 102 valence electrons. The number of halogens is 1. The van der Waals surface area contributed by atoms with Crippen LogP contribution in [0.15, 0.2) is 30.5 Å². The molecule has 0 spiro atoms. The molecular weight excluding hydrogens is 381 g/mol. The van der Waals surface area contributed by atoms with E-state index in [-0.39, 0.29) is 0 Å². The SMILES string of the molecule is Ic1cc2c(s1)CCCC2Nc1ccc2cn[nH]c2c1. The molecule has 0 bridgehead atoms. The third kappa shape index (κ3) is 2.22. The number of aromatic nitrogens is 2. The predicted octanol–water partition coefficient (Wildman–Crippen LogP) is 4.72. The fourth-order valence-electron chi connectivity index (χ4n) is 2.90. The molecule has 1 aliphatic carbocycles. The van der Waals surface area contributed by atoms with Gasteiger partial charge in [-0.1, -0.05) is 0 Å². The molecule has 1 atom stereocenters. The lowest BCUT2D eigenvalue weighted by Gasteiger charge is -2.24. The summed E-state index contributed by atoms with van der Waals surface area (Å²) in [4.78, 5) is 1.56. The van der Waals surface area contributed by atoms with Crippen LogP contribution in [0, 0.1) is 2.88 Å². The Morgan fingerprint density at radius 2 is 2.30 bits per heavy atom. The van der Waals surface area contributed by atoms with Crippen LogP contribution in [0.4, 0.5) is 5.69 Å². The molecule has 1 aliphatic rings. The van der Waals surface area contributed by atoms with E-state index in [0.29, 0.717) is 6.04 Å². The van der Waals surface area contributed by atoms with Crippen LogP contribution in [0.5, 0.6) is 0 Å². The number of H-pyrrole nitrogens is 1. The van der Waals surface area contributed by atoms with Crippen molar-refractivity contribution in [2.45, 2.75) is 25.3 Å². The average Bonchev–Trinajstić information content (AvgIpc) is 3.04. The Balaban J connectivity index is 1.65. The first-order valence-corrected chi connectivity index (χ1v) is 8.67. The number of benzene rings is 1. The number of nitrogens with one attached hydrogen (secondary N) is 2. The van der Waals surface area contributed by atoms with Crippen molar-refractivity contribution < 1.29 is 0 Å². The lowest BCUT2D eigenvalue weighted by atomic mass is 9.94. The summed E-state index contributed by atoms with van der Waals surface area (Å²) in [5.41, 5.74) is 3.75. The molecule has 5 heteroatoms. The highest BCUT2D eigenvalue weighted by molar-refractivity contribution is 14.1. The van der Waals surface area contributed by atoms with Gasteiger partial charge in [0, 0.05) is 16.0 Å². The first kappa shape index (κ1) is 12.6. The quantitative estimate of drug-likeness (QED) is 0.617. The topological polar surface area (TPSA) is 40.7 Å². The summed E-state index contributed by atoms with van der Waals surface area (Å²) in [6, 6.07) is 9.19. The number of nitrogens with zero attached hydrogens (tertiary/aromatic N) is 1. The Kier molecular flexibility index (Phi) is 3.18. The Hall–Kier alpha value is -1.08. The maximum absolute atomic E-state index is 4.08. The van der Waals surface area contributed by atoms with E-state index in [9.17, 15) is 0 Å². The lowest BCUT2D eigenvalue weighted by molar-refractivity contribution is 0.609. The van der Waals surface area contributed by atoms with E-state index >= 15 is 0 Å².